The van der Waals surface area contributed by atoms with Crippen LogP contribution in [0, 0.1) is 0 Å². The van der Waals surface area contributed by atoms with Crippen molar-refractivity contribution in [2.45, 2.75) is 25.4 Å². The van der Waals surface area contributed by atoms with Crippen LogP contribution in [0.15, 0.2) is 66.7 Å². The first-order valence-electron chi connectivity index (χ1n) is 9.91. The van der Waals surface area contributed by atoms with Gasteiger partial charge in [-0.05, 0) is 42.9 Å². The molecule has 0 unspecified atom stereocenters. The molecule has 28 heavy (non-hydrogen) atoms. The molecular weight excluding hydrogens is 350 g/mol. The second-order valence-electron chi connectivity index (χ2n) is 7.10. The molecule has 0 aromatic heterocycles. The zero-order chi connectivity index (χ0) is 19.2. The minimum atomic E-state index is -0.328. The van der Waals surface area contributed by atoms with Gasteiger partial charge in [-0.15, -0.1) is 0 Å². The highest BCUT2D eigenvalue weighted by Crippen LogP contribution is 2.32. The number of rotatable bonds is 6. The topological polar surface area (TPSA) is 47.6 Å². The second-order valence-corrected chi connectivity index (χ2v) is 7.10. The third kappa shape index (κ3) is 4.34. The summed E-state index contributed by atoms with van der Waals surface area (Å²) < 4.78 is 11.9. The third-order valence-corrected chi connectivity index (χ3v) is 5.14. The molecule has 3 aromatic carbocycles. The first-order valence-corrected chi connectivity index (χ1v) is 9.91. The van der Waals surface area contributed by atoms with Crippen LogP contribution in [0.4, 0.5) is 0 Å². The average Bonchev–Trinajstić information content (AvgIpc) is 2.75. The lowest BCUT2D eigenvalue weighted by Gasteiger charge is -2.25. The lowest BCUT2D eigenvalue weighted by Crippen LogP contribution is -2.34. The van der Waals surface area contributed by atoms with E-state index < -0.39 is 0 Å². The predicted molar refractivity (Wildman–Crippen MR) is 111 cm³/mol. The van der Waals surface area contributed by atoms with E-state index in [0.717, 1.165) is 42.3 Å². The monoisotopic (exact) mass is 375 g/mol. The number of carbonyl (C=O) groups is 1. The van der Waals surface area contributed by atoms with Gasteiger partial charge in [-0.25, -0.2) is 4.79 Å². The van der Waals surface area contributed by atoms with Crippen molar-refractivity contribution < 1.29 is 14.3 Å². The largest absolute Gasteiger partial charge is 0.489 e. The Labute approximate surface area is 165 Å². The summed E-state index contributed by atoms with van der Waals surface area (Å²) in [5.41, 5.74) is 1.66. The Morgan fingerprint density at radius 2 is 1.68 bits per heavy atom. The Morgan fingerprint density at radius 1 is 0.929 bits per heavy atom. The number of nitrogens with one attached hydrogen (secondary N) is 1. The summed E-state index contributed by atoms with van der Waals surface area (Å²) in [4.78, 5) is 12.8. The highest BCUT2D eigenvalue weighted by atomic mass is 16.5. The second kappa shape index (κ2) is 8.89. The van der Waals surface area contributed by atoms with Crippen LogP contribution in [0.3, 0.4) is 0 Å². The minimum Gasteiger partial charge on any atom is -0.489 e. The van der Waals surface area contributed by atoms with Gasteiger partial charge in [0, 0.05) is 11.8 Å². The van der Waals surface area contributed by atoms with E-state index in [9.17, 15) is 4.79 Å². The van der Waals surface area contributed by atoms with Crippen molar-refractivity contribution >= 4 is 16.7 Å². The molecule has 0 radical (unpaired) electrons. The molecule has 0 bridgehead atoms. The van der Waals surface area contributed by atoms with Crippen molar-refractivity contribution in [2.24, 2.45) is 0 Å². The number of benzene rings is 3. The molecule has 1 aliphatic heterocycles. The summed E-state index contributed by atoms with van der Waals surface area (Å²) >= 11 is 0. The molecule has 4 heteroatoms. The van der Waals surface area contributed by atoms with Gasteiger partial charge in [-0.2, -0.15) is 0 Å². The van der Waals surface area contributed by atoms with E-state index in [2.05, 4.69) is 5.32 Å². The number of esters is 1. The lowest BCUT2D eigenvalue weighted by atomic mass is 10.0. The normalized spacial score (nSPS) is 14.7. The molecule has 1 saturated heterocycles. The van der Waals surface area contributed by atoms with Gasteiger partial charge in [0.25, 0.3) is 0 Å². The summed E-state index contributed by atoms with van der Waals surface area (Å²) in [5.74, 6) is 0.320. The predicted octanol–water partition coefficient (Wildman–Crippen LogP) is 4.37. The number of hydrogen-bond donors (Lipinski definition) is 1. The Kier molecular flexibility index (Phi) is 5.88. The maximum absolute atomic E-state index is 12.8. The van der Waals surface area contributed by atoms with Crippen LogP contribution in [0.25, 0.3) is 10.8 Å². The Bertz CT molecular complexity index is 933. The third-order valence-electron chi connectivity index (χ3n) is 5.14. The van der Waals surface area contributed by atoms with Crippen molar-refractivity contribution in [3.63, 3.8) is 0 Å². The van der Waals surface area contributed by atoms with Crippen molar-refractivity contribution in [3.05, 3.63) is 77.9 Å². The van der Waals surface area contributed by atoms with Crippen LogP contribution in [0.2, 0.25) is 0 Å². The zero-order valence-electron chi connectivity index (χ0n) is 15.9. The molecule has 3 aromatic rings. The molecule has 1 aliphatic rings. The first kappa shape index (κ1) is 18.5. The Morgan fingerprint density at radius 3 is 2.50 bits per heavy atom. The Balaban J connectivity index is 1.54. The van der Waals surface area contributed by atoms with Gasteiger partial charge in [0.2, 0.25) is 0 Å². The van der Waals surface area contributed by atoms with Crippen LogP contribution in [0.1, 0.15) is 28.8 Å². The molecule has 1 N–H and O–H groups in total. The molecule has 0 saturated carbocycles. The number of piperidine rings is 1. The van der Waals surface area contributed by atoms with Crippen LogP contribution >= 0.6 is 0 Å². The first-order chi connectivity index (χ1) is 13.8. The summed E-state index contributed by atoms with van der Waals surface area (Å²) in [6, 6.07) is 21.8. The van der Waals surface area contributed by atoms with Gasteiger partial charge in [-0.3, -0.25) is 0 Å². The SMILES string of the molecule is O=C(OCCc1ccccc1)c1ccc2ccccc2c1OC1CCNCC1. The molecule has 0 atom stereocenters. The van der Waals surface area contributed by atoms with E-state index in [4.69, 9.17) is 9.47 Å². The van der Waals surface area contributed by atoms with Gasteiger partial charge in [0.1, 0.15) is 17.4 Å². The maximum atomic E-state index is 12.8. The van der Waals surface area contributed by atoms with Gasteiger partial charge < -0.3 is 14.8 Å². The molecular formula is C24H25NO3. The van der Waals surface area contributed by atoms with Crippen LogP contribution < -0.4 is 10.1 Å². The van der Waals surface area contributed by atoms with E-state index in [1.165, 1.54) is 0 Å². The van der Waals surface area contributed by atoms with Crippen molar-refractivity contribution in [1.82, 2.24) is 5.32 Å². The van der Waals surface area contributed by atoms with Gasteiger partial charge in [0.05, 0.1) is 6.61 Å². The highest BCUT2D eigenvalue weighted by molar-refractivity contribution is 6.01. The molecule has 1 fully saturated rings. The number of fused-ring (bicyclic) bond motifs is 1. The van der Waals surface area contributed by atoms with E-state index >= 15 is 0 Å². The molecule has 0 amide bonds. The van der Waals surface area contributed by atoms with E-state index in [-0.39, 0.29) is 12.1 Å². The molecule has 0 spiro atoms. The summed E-state index contributed by atoms with van der Waals surface area (Å²) in [6.45, 7) is 2.22. The van der Waals surface area contributed by atoms with Crippen LogP contribution in [-0.4, -0.2) is 31.8 Å². The Hall–Kier alpha value is -2.85. The smallest absolute Gasteiger partial charge is 0.341 e. The summed E-state index contributed by atoms with van der Waals surface area (Å²) in [7, 11) is 0. The maximum Gasteiger partial charge on any atom is 0.341 e. The average molecular weight is 375 g/mol. The van der Waals surface area contributed by atoms with Crippen molar-refractivity contribution in [2.75, 3.05) is 19.7 Å². The molecule has 1 heterocycles. The van der Waals surface area contributed by atoms with E-state index in [1.807, 2.05) is 66.7 Å². The number of carbonyl (C=O) groups excluding carboxylic acids is 1. The van der Waals surface area contributed by atoms with Gasteiger partial charge in [0.15, 0.2) is 0 Å². The molecule has 144 valence electrons. The van der Waals surface area contributed by atoms with Crippen molar-refractivity contribution in [1.29, 1.82) is 0 Å². The fraction of sp³-hybridized carbons (Fsp3) is 0.292. The number of ether oxygens (including phenoxy) is 2. The molecule has 0 aliphatic carbocycles. The minimum absolute atomic E-state index is 0.114. The van der Waals surface area contributed by atoms with Gasteiger partial charge >= 0.3 is 5.97 Å². The lowest BCUT2D eigenvalue weighted by molar-refractivity contribution is 0.0501. The zero-order valence-corrected chi connectivity index (χ0v) is 15.9. The van der Waals surface area contributed by atoms with Crippen LogP contribution in [-0.2, 0) is 11.2 Å². The molecule has 4 nitrogen and oxygen atoms in total. The van der Waals surface area contributed by atoms with E-state index in [1.54, 1.807) is 0 Å². The fourth-order valence-corrected chi connectivity index (χ4v) is 3.59. The highest BCUT2D eigenvalue weighted by Gasteiger charge is 2.22. The standard InChI is InChI=1S/C24H25NO3/c26-24(27-17-14-18-6-2-1-3-7-18)22-11-10-19-8-4-5-9-21(19)23(22)28-20-12-15-25-16-13-20/h1-11,20,25H,12-17H2. The van der Waals surface area contributed by atoms with E-state index in [0.29, 0.717) is 24.3 Å². The van der Waals surface area contributed by atoms with Crippen LogP contribution in [0.5, 0.6) is 5.75 Å². The molecule has 4 rings (SSSR count). The fourth-order valence-electron chi connectivity index (χ4n) is 3.59. The quantitative estimate of drug-likeness (QED) is 0.650. The number of hydrogen-bond acceptors (Lipinski definition) is 4. The summed E-state index contributed by atoms with van der Waals surface area (Å²) in [5, 5.41) is 5.37. The summed E-state index contributed by atoms with van der Waals surface area (Å²) in [6.07, 6.45) is 2.69. The van der Waals surface area contributed by atoms with Crippen molar-refractivity contribution in [3.8, 4) is 5.75 Å². The van der Waals surface area contributed by atoms with Gasteiger partial charge in [-0.1, -0.05) is 60.7 Å².